The molecule has 1 N–H and O–H groups in total. The first-order valence-electron chi connectivity index (χ1n) is 12.7. The van der Waals surface area contributed by atoms with E-state index in [1.807, 2.05) is 57.2 Å². The van der Waals surface area contributed by atoms with Crippen LogP contribution in [0.15, 0.2) is 48.5 Å². The van der Waals surface area contributed by atoms with E-state index in [-0.39, 0.29) is 24.8 Å². The summed E-state index contributed by atoms with van der Waals surface area (Å²) in [5.41, 5.74) is 3.66. The third kappa shape index (κ3) is 8.66. The van der Waals surface area contributed by atoms with Gasteiger partial charge in [0.2, 0.25) is 21.8 Å². The number of amides is 2. The molecule has 2 aromatic carbocycles. The van der Waals surface area contributed by atoms with E-state index in [1.165, 1.54) is 10.6 Å². The second-order valence-electron chi connectivity index (χ2n) is 9.29. The van der Waals surface area contributed by atoms with Crippen molar-refractivity contribution in [3.8, 4) is 0 Å². The molecule has 36 heavy (non-hydrogen) atoms. The van der Waals surface area contributed by atoms with Gasteiger partial charge >= 0.3 is 0 Å². The molecule has 198 valence electrons. The lowest BCUT2D eigenvalue weighted by atomic mass is 10.1. The third-order valence-corrected chi connectivity index (χ3v) is 7.49. The fourth-order valence-corrected chi connectivity index (χ4v) is 5.08. The molecule has 0 bridgehead atoms. The number of carbonyl (C=O) groups is 2. The van der Waals surface area contributed by atoms with Crippen LogP contribution >= 0.6 is 0 Å². The zero-order valence-electron chi connectivity index (χ0n) is 22.3. The molecule has 0 fully saturated rings. The molecular weight excluding hydrogens is 474 g/mol. The number of anilines is 1. The van der Waals surface area contributed by atoms with Gasteiger partial charge in [-0.05, 0) is 56.4 Å². The lowest BCUT2D eigenvalue weighted by Crippen LogP contribution is -2.49. The van der Waals surface area contributed by atoms with E-state index in [4.69, 9.17) is 0 Å². The fraction of sp³-hybridized carbons (Fsp3) is 0.500. The Kier molecular flexibility index (Phi) is 11.4. The number of sulfonamides is 1. The Bertz CT molecular complexity index is 1100. The normalized spacial score (nSPS) is 12.1. The van der Waals surface area contributed by atoms with Gasteiger partial charge in [0.05, 0.1) is 11.9 Å². The number of rotatable bonds is 14. The molecule has 7 nitrogen and oxygen atoms in total. The number of carbonyl (C=O) groups excluding carboxylic acids is 2. The van der Waals surface area contributed by atoms with Crippen LogP contribution in [-0.2, 0) is 26.2 Å². The van der Waals surface area contributed by atoms with Crippen molar-refractivity contribution < 1.29 is 18.0 Å². The molecule has 0 saturated carbocycles. The van der Waals surface area contributed by atoms with Crippen LogP contribution in [0.2, 0.25) is 0 Å². The SMILES string of the molecule is CCCCNC(=O)[C@@H](CC)N(Cc1ccccc1C)C(=O)CCCN(c1ccc(C)cc1)S(C)(=O)=O. The van der Waals surface area contributed by atoms with Gasteiger partial charge in [-0.25, -0.2) is 8.42 Å². The van der Waals surface area contributed by atoms with Gasteiger partial charge in [0.1, 0.15) is 6.04 Å². The molecule has 8 heteroatoms. The molecule has 0 radical (unpaired) electrons. The van der Waals surface area contributed by atoms with E-state index in [0.29, 0.717) is 31.6 Å². The number of unbranched alkanes of at least 4 members (excludes halogenated alkanes) is 1. The number of nitrogens with zero attached hydrogens (tertiary/aromatic N) is 2. The molecule has 0 spiro atoms. The maximum atomic E-state index is 13.5. The minimum absolute atomic E-state index is 0.141. The standard InChI is InChI=1S/C28H41N3O4S/c1-6-8-19-29-28(33)26(7-2)30(21-24-13-10-9-12-23(24)4)27(32)14-11-20-31(36(5,34)35)25-17-15-22(3)16-18-25/h9-10,12-13,15-18,26H,6-8,11,14,19-21H2,1-5H3,(H,29,33)/t26-/m1/s1. The highest BCUT2D eigenvalue weighted by atomic mass is 32.2. The first-order chi connectivity index (χ1) is 17.1. The average Bonchev–Trinajstić information content (AvgIpc) is 2.83. The second-order valence-corrected chi connectivity index (χ2v) is 11.2. The number of nitrogens with one attached hydrogen (secondary N) is 1. The van der Waals surface area contributed by atoms with E-state index < -0.39 is 16.1 Å². The third-order valence-electron chi connectivity index (χ3n) is 6.29. The highest BCUT2D eigenvalue weighted by Crippen LogP contribution is 2.21. The summed E-state index contributed by atoms with van der Waals surface area (Å²) < 4.78 is 26.2. The molecular formula is C28H41N3O4S. The van der Waals surface area contributed by atoms with Crippen LogP contribution in [-0.4, -0.2) is 50.5 Å². The molecule has 0 unspecified atom stereocenters. The number of aryl methyl sites for hydroxylation is 2. The molecule has 0 aliphatic carbocycles. The Balaban J connectivity index is 2.20. The van der Waals surface area contributed by atoms with E-state index in [2.05, 4.69) is 12.2 Å². The highest BCUT2D eigenvalue weighted by molar-refractivity contribution is 7.92. The van der Waals surface area contributed by atoms with Gasteiger partial charge in [-0.2, -0.15) is 0 Å². The van der Waals surface area contributed by atoms with Gasteiger partial charge in [0.25, 0.3) is 0 Å². The van der Waals surface area contributed by atoms with Gasteiger partial charge in [-0.1, -0.05) is 62.2 Å². The molecule has 0 saturated heterocycles. The van der Waals surface area contributed by atoms with Crippen molar-refractivity contribution in [2.75, 3.05) is 23.7 Å². The van der Waals surface area contributed by atoms with Crippen molar-refractivity contribution in [1.82, 2.24) is 10.2 Å². The van der Waals surface area contributed by atoms with Crippen LogP contribution in [0.25, 0.3) is 0 Å². The second kappa shape index (κ2) is 14.0. The topological polar surface area (TPSA) is 86.8 Å². The first kappa shape index (κ1) is 29.4. The summed E-state index contributed by atoms with van der Waals surface area (Å²) in [7, 11) is -3.51. The minimum atomic E-state index is -3.51. The Labute approximate surface area is 216 Å². The molecule has 2 amide bonds. The zero-order chi connectivity index (χ0) is 26.7. The molecule has 0 aliphatic rings. The lowest BCUT2D eigenvalue weighted by Gasteiger charge is -2.31. The molecule has 1 atom stereocenters. The number of hydrogen-bond acceptors (Lipinski definition) is 4. The number of hydrogen-bond donors (Lipinski definition) is 1. The van der Waals surface area contributed by atoms with Crippen molar-refractivity contribution in [2.24, 2.45) is 0 Å². The van der Waals surface area contributed by atoms with Crippen LogP contribution in [0, 0.1) is 13.8 Å². The summed E-state index contributed by atoms with van der Waals surface area (Å²) in [6.45, 7) is 9.01. The van der Waals surface area contributed by atoms with Crippen molar-refractivity contribution in [3.05, 3.63) is 65.2 Å². The van der Waals surface area contributed by atoms with E-state index in [9.17, 15) is 18.0 Å². The highest BCUT2D eigenvalue weighted by Gasteiger charge is 2.29. The maximum Gasteiger partial charge on any atom is 0.242 e. The van der Waals surface area contributed by atoms with Gasteiger partial charge in [0.15, 0.2) is 0 Å². The van der Waals surface area contributed by atoms with Crippen LogP contribution in [0.4, 0.5) is 5.69 Å². The van der Waals surface area contributed by atoms with Crippen LogP contribution in [0.3, 0.4) is 0 Å². The molecule has 2 rings (SSSR count). The van der Waals surface area contributed by atoms with Gasteiger partial charge in [0, 0.05) is 26.1 Å². The summed E-state index contributed by atoms with van der Waals surface area (Å²) in [4.78, 5) is 28.1. The van der Waals surface area contributed by atoms with Crippen LogP contribution in [0.1, 0.15) is 62.6 Å². The Morgan fingerprint density at radius 2 is 1.64 bits per heavy atom. The molecule has 0 aliphatic heterocycles. The number of benzene rings is 2. The zero-order valence-corrected chi connectivity index (χ0v) is 23.1. The lowest BCUT2D eigenvalue weighted by molar-refractivity contribution is -0.141. The fourth-order valence-electron chi connectivity index (χ4n) is 4.11. The van der Waals surface area contributed by atoms with E-state index >= 15 is 0 Å². The smallest absolute Gasteiger partial charge is 0.242 e. The van der Waals surface area contributed by atoms with E-state index in [1.54, 1.807) is 17.0 Å². The van der Waals surface area contributed by atoms with Crippen molar-refractivity contribution in [3.63, 3.8) is 0 Å². The summed E-state index contributed by atoms with van der Waals surface area (Å²) in [5, 5.41) is 2.97. The summed E-state index contributed by atoms with van der Waals surface area (Å²) in [6.07, 6.45) is 4.01. The summed E-state index contributed by atoms with van der Waals surface area (Å²) in [6, 6.07) is 14.5. The Morgan fingerprint density at radius 3 is 2.22 bits per heavy atom. The average molecular weight is 516 g/mol. The van der Waals surface area contributed by atoms with Crippen LogP contribution in [0.5, 0.6) is 0 Å². The van der Waals surface area contributed by atoms with Gasteiger partial charge in [-0.3, -0.25) is 13.9 Å². The van der Waals surface area contributed by atoms with Crippen molar-refractivity contribution >= 4 is 27.5 Å². The molecule has 0 aromatic heterocycles. The largest absolute Gasteiger partial charge is 0.354 e. The molecule has 2 aromatic rings. The van der Waals surface area contributed by atoms with Gasteiger partial charge < -0.3 is 10.2 Å². The Morgan fingerprint density at radius 1 is 0.972 bits per heavy atom. The predicted molar refractivity (Wildman–Crippen MR) is 146 cm³/mol. The van der Waals surface area contributed by atoms with E-state index in [0.717, 1.165) is 29.5 Å². The Hall–Kier alpha value is -2.87. The first-order valence-corrected chi connectivity index (χ1v) is 14.6. The summed E-state index contributed by atoms with van der Waals surface area (Å²) >= 11 is 0. The predicted octanol–water partition coefficient (Wildman–Crippen LogP) is 4.57. The maximum absolute atomic E-state index is 13.5. The quantitative estimate of drug-likeness (QED) is 0.373. The minimum Gasteiger partial charge on any atom is -0.354 e. The monoisotopic (exact) mass is 515 g/mol. The summed E-state index contributed by atoms with van der Waals surface area (Å²) in [5.74, 6) is -0.307. The van der Waals surface area contributed by atoms with Crippen molar-refractivity contribution in [2.45, 2.75) is 72.4 Å². The van der Waals surface area contributed by atoms with Gasteiger partial charge in [-0.15, -0.1) is 0 Å². The molecule has 0 heterocycles. The van der Waals surface area contributed by atoms with Crippen LogP contribution < -0.4 is 9.62 Å². The van der Waals surface area contributed by atoms with Crippen molar-refractivity contribution in [1.29, 1.82) is 0 Å².